The van der Waals surface area contributed by atoms with Crippen LogP contribution in [-0.2, 0) is 29.1 Å². The van der Waals surface area contributed by atoms with Crippen molar-refractivity contribution in [3.8, 4) is 5.75 Å². The van der Waals surface area contributed by atoms with Crippen LogP contribution < -0.4 is 10.2 Å². The Morgan fingerprint density at radius 2 is 1.72 bits per heavy atom. The predicted octanol–water partition coefficient (Wildman–Crippen LogP) is 2.17. The van der Waals surface area contributed by atoms with Crippen molar-refractivity contribution >= 4 is 27.8 Å². The molecular weight excluding hydrogens is 526 g/mol. The lowest BCUT2D eigenvalue weighted by atomic mass is 9.97. The number of hydrogen-bond acceptors (Lipinski definition) is 8. The number of carbonyl (C=O) groups excluding carboxylic acids is 3. The van der Waals surface area contributed by atoms with Crippen LogP contribution in [0.2, 0.25) is 0 Å². The van der Waals surface area contributed by atoms with Crippen molar-refractivity contribution in [2.75, 3.05) is 39.9 Å². The van der Waals surface area contributed by atoms with Crippen LogP contribution in [0.15, 0.2) is 59.5 Å². The summed E-state index contributed by atoms with van der Waals surface area (Å²) < 4.78 is 38.7. The average Bonchev–Trinajstić information content (AvgIpc) is 2.97. The lowest BCUT2D eigenvalue weighted by Crippen LogP contribution is -2.44. The molecule has 2 aromatic rings. The average molecular weight is 562 g/mol. The van der Waals surface area contributed by atoms with Crippen molar-refractivity contribution in [1.29, 1.82) is 0 Å². The molecule has 0 bridgehead atoms. The van der Waals surface area contributed by atoms with E-state index in [1.165, 1.54) is 31.4 Å². The third-order valence-corrected chi connectivity index (χ3v) is 8.63. The highest BCUT2D eigenvalue weighted by atomic mass is 32.2. The van der Waals surface area contributed by atoms with Crippen LogP contribution >= 0.6 is 0 Å². The maximum atomic E-state index is 13.7. The Morgan fingerprint density at radius 1 is 1.08 bits per heavy atom. The fourth-order valence-electron chi connectivity index (χ4n) is 4.52. The van der Waals surface area contributed by atoms with Crippen molar-refractivity contribution in [1.82, 2.24) is 14.7 Å². The fraction of sp³-hybridized carbons (Fsp3) is 0.444. The summed E-state index contributed by atoms with van der Waals surface area (Å²) in [5, 5.41) is 9.36. The van der Waals surface area contributed by atoms with Crippen LogP contribution in [-0.4, -0.2) is 80.5 Å². The Hall–Kier alpha value is -3.48. The zero-order chi connectivity index (χ0) is 28.4. The van der Waals surface area contributed by atoms with E-state index in [2.05, 4.69) is 0 Å². The molecule has 1 aliphatic rings. The first-order valence-corrected chi connectivity index (χ1v) is 14.2. The van der Waals surface area contributed by atoms with Gasteiger partial charge in [0, 0.05) is 32.6 Å². The molecule has 0 aliphatic carbocycles. The molecule has 0 radical (unpaired) electrons. The van der Waals surface area contributed by atoms with Gasteiger partial charge in [0.2, 0.25) is 15.9 Å². The second-order valence-corrected chi connectivity index (χ2v) is 11.1. The number of sulfonamides is 1. The normalized spacial score (nSPS) is 15.0. The van der Waals surface area contributed by atoms with Crippen LogP contribution in [0, 0.1) is 5.92 Å². The van der Waals surface area contributed by atoms with Gasteiger partial charge in [-0.2, -0.15) is 4.31 Å². The van der Waals surface area contributed by atoms with Crippen LogP contribution in [0.1, 0.15) is 37.7 Å². The van der Waals surface area contributed by atoms with Crippen LogP contribution in [0.25, 0.3) is 0 Å². The predicted molar refractivity (Wildman–Crippen MR) is 141 cm³/mol. The minimum Gasteiger partial charge on any atom is -0.497 e. The zero-order valence-corrected chi connectivity index (χ0v) is 22.9. The number of amides is 2. The third kappa shape index (κ3) is 7.78. The van der Waals surface area contributed by atoms with Gasteiger partial charge in [0.25, 0.3) is 5.91 Å². The second-order valence-electron chi connectivity index (χ2n) is 9.14. The summed E-state index contributed by atoms with van der Waals surface area (Å²) in [6.07, 6.45) is 0.831. The number of nitrogens with zero attached hydrogens (tertiary/aromatic N) is 2. The molecule has 212 valence electrons. The van der Waals surface area contributed by atoms with Crippen LogP contribution in [0.4, 0.5) is 0 Å². The van der Waals surface area contributed by atoms with Gasteiger partial charge in [-0.25, -0.2) is 13.9 Å². The van der Waals surface area contributed by atoms with Gasteiger partial charge in [0.1, 0.15) is 5.75 Å². The number of esters is 1. The molecular formula is C27H35N3O8S. The summed E-state index contributed by atoms with van der Waals surface area (Å²) >= 11 is 0. The third-order valence-electron chi connectivity index (χ3n) is 6.75. The molecule has 2 N–H and O–H groups in total. The Morgan fingerprint density at radius 3 is 2.28 bits per heavy atom. The largest absolute Gasteiger partial charge is 0.497 e. The molecule has 1 saturated heterocycles. The molecule has 3 rings (SSSR count). The van der Waals surface area contributed by atoms with E-state index in [0.717, 1.165) is 4.31 Å². The summed E-state index contributed by atoms with van der Waals surface area (Å²) in [6, 6.07) is 14.3. The van der Waals surface area contributed by atoms with E-state index in [1.807, 2.05) is 0 Å². The summed E-state index contributed by atoms with van der Waals surface area (Å²) in [5.41, 5.74) is 2.13. The summed E-state index contributed by atoms with van der Waals surface area (Å²) in [4.78, 5) is 39.3. The number of nitrogens with one attached hydrogen (secondary N) is 1. The first-order chi connectivity index (χ1) is 18.7. The summed E-state index contributed by atoms with van der Waals surface area (Å²) in [5.74, 6) is -2.11. The van der Waals surface area contributed by atoms with Crippen molar-refractivity contribution in [2.24, 2.45) is 5.92 Å². The van der Waals surface area contributed by atoms with Gasteiger partial charge in [-0.15, -0.1) is 0 Å². The van der Waals surface area contributed by atoms with E-state index < -0.39 is 21.8 Å². The van der Waals surface area contributed by atoms with Crippen LogP contribution in [0.5, 0.6) is 5.75 Å². The molecule has 0 spiro atoms. The van der Waals surface area contributed by atoms with E-state index >= 15 is 0 Å². The van der Waals surface area contributed by atoms with Gasteiger partial charge in [0.15, 0.2) is 0 Å². The molecule has 12 heteroatoms. The highest BCUT2D eigenvalue weighted by molar-refractivity contribution is 7.89. The topological polar surface area (TPSA) is 143 Å². The van der Waals surface area contributed by atoms with E-state index in [1.54, 1.807) is 47.6 Å². The van der Waals surface area contributed by atoms with Crippen molar-refractivity contribution in [2.45, 2.75) is 37.0 Å². The van der Waals surface area contributed by atoms with Gasteiger partial charge in [0.05, 0.1) is 30.4 Å². The molecule has 2 aromatic carbocycles. The SMILES string of the molecule is CCOC(=O)C1CCN(C(=O)CCN(CC(C(=O)NO)c2ccccc2)S(=O)(=O)c2ccc(OC)cc2)CC1. The Bertz CT molecular complexity index is 1210. The summed E-state index contributed by atoms with van der Waals surface area (Å²) in [6.45, 7) is 2.29. The molecule has 1 atom stereocenters. The molecule has 0 saturated carbocycles. The van der Waals surface area contributed by atoms with Gasteiger partial charge in [-0.3, -0.25) is 19.6 Å². The Balaban J connectivity index is 1.80. The van der Waals surface area contributed by atoms with Crippen molar-refractivity contribution in [3.05, 3.63) is 60.2 Å². The van der Waals surface area contributed by atoms with Gasteiger partial charge < -0.3 is 14.4 Å². The first-order valence-electron chi connectivity index (χ1n) is 12.8. The highest BCUT2D eigenvalue weighted by Crippen LogP contribution is 2.25. The maximum Gasteiger partial charge on any atom is 0.309 e. The van der Waals surface area contributed by atoms with E-state index in [9.17, 15) is 28.0 Å². The number of carbonyl (C=O) groups is 3. The number of methoxy groups -OCH3 is 1. The minimum atomic E-state index is -4.14. The Kier molecular flexibility index (Phi) is 10.8. The number of hydrogen-bond donors (Lipinski definition) is 2. The lowest BCUT2D eigenvalue weighted by Gasteiger charge is -2.32. The second kappa shape index (κ2) is 14.1. The van der Waals surface area contributed by atoms with Crippen molar-refractivity contribution in [3.63, 3.8) is 0 Å². The molecule has 1 heterocycles. The number of rotatable bonds is 12. The first kappa shape index (κ1) is 30.1. The zero-order valence-electron chi connectivity index (χ0n) is 22.1. The lowest BCUT2D eigenvalue weighted by molar-refractivity contribution is -0.151. The molecule has 11 nitrogen and oxygen atoms in total. The standard InChI is InChI=1S/C27H35N3O8S/c1-3-38-27(33)21-13-16-29(17-14-21)25(31)15-18-30(39(35,36)23-11-9-22(37-2)10-12-23)19-24(26(32)28-34)20-7-5-4-6-8-20/h4-12,21,24,34H,3,13-19H2,1-2H3,(H,28,32). The molecule has 1 aliphatic heterocycles. The molecule has 1 unspecified atom stereocenters. The van der Waals surface area contributed by atoms with Gasteiger partial charge in [-0.1, -0.05) is 30.3 Å². The number of likely N-dealkylation sites (tertiary alicyclic amines) is 1. The highest BCUT2D eigenvalue weighted by Gasteiger charge is 2.33. The van der Waals surface area contributed by atoms with E-state index in [0.29, 0.717) is 43.9 Å². The minimum absolute atomic E-state index is 0.0257. The molecule has 2 amide bonds. The quantitative estimate of drug-likeness (QED) is 0.228. The molecule has 0 aromatic heterocycles. The van der Waals surface area contributed by atoms with Crippen LogP contribution in [0.3, 0.4) is 0 Å². The fourth-order valence-corrected chi connectivity index (χ4v) is 5.97. The van der Waals surface area contributed by atoms with Gasteiger partial charge >= 0.3 is 5.97 Å². The van der Waals surface area contributed by atoms with E-state index in [4.69, 9.17) is 9.47 Å². The number of ether oxygens (including phenoxy) is 2. The van der Waals surface area contributed by atoms with Crippen molar-refractivity contribution < 1.29 is 37.5 Å². The molecule has 39 heavy (non-hydrogen) atoms. The van der Waals surface area contributed by atoms with Gasteiger partial charge in [-0.05, 0) is 49.6 Å². The number of piperidine rings is 1. The smallest absolute Gasteiger partial charge is 0.309 e. The molecule has 1 fully saturated rings. The van der Waals surface area contributed by atoms with E-state index in [-0.39, 0.29) is 42.2 Å². The summed E-state index contributed by atoms with van der Waals surface area (Å²) in [7, 11) is -2.67. The number of benzene rings is 2. The number of hydroxylamine groups is 1. The maximum absolute atomic E-state index is 13.7. The monoisotopic (exact) mass is 561 g/mol. The Labute approximate surface area is 228 Å².